The maximum atomic E-state index is 9.48. The molecule has 0 spiro atoms. The van der Waals surface area contributed by atoms with Crippen LogP contribution in [0.3, 0.4) is 0 Å². The first-order chi connectivity index (χ1) is 8.15. The van der Waals surface area contributed by atoms with Gasteiger partial charge in [0.25, 0.3) is 0 Å². The maximum absolute atomic E-state index is 9.48. The van der Waals surface area contributed by atoms with Crippen molar-refractivity contribution in [1.29, 1.82) is 0 Å². The lowest BCUT2D eigenvalue weighted by molar-refractivity contribution is 0.211. The molecule has 0 amide bonds. The van der Waals surface area contributed by atoms with E-state index in [1.54, 1.807) is 12.4 Å². The summed E-state index contributed by atoms with van der Waals surface area (Å²) in [5.41, 5.74) is 6.68. The van der Waals surface area contributed by atoms with Crippen LogP contribution in [0.4, 0.5) is 5.95 Å². The van der Waals surface area contributed by atoms with Crippen LogP contribution in [0.2, 0.25) is 5.15 Å². The second-order valence-corrected chi connectivity index (χ2v) is 4.31. The van der Waals surface area contributed by atoms with E-state index in [1.165, 1.54) is 0 Å². The Morgan fingerprint density at radius 3 is 2.94 bits per heavy atom. The summed E-state index contributed by atoms with van der Waals surface area (Å²) in [7, 11) is 0. The van der Waals surface area contributed by atoms with Crippen LogP contribution in [0, 0.1) is 0 Å². The Morgan fingerprint density at radius 2 is 2.24 bits per heavy atom. The van der Waals surface area contributed by atoms with Crippen LogP contribution in [0.5, 0.6) is 0 Å². The lowest BCUT2D eigenvalue weighted by Crippen LogP contribution is -2.08. The summed E-state index contributed by atoms with van der Waals surface area (Å²) in [4.78, 5) is 12.1. The zero-order valence-corrected chi connectivity index (χ0v) is 9.54. The van der Waals surface area contributed by atoms with Crippen LogP contribution in [-0.4, -0.2) is 30.7 Å². The van der Waals surface area contributed by atoms with Gasteiger partial charge in [-0.25, -0.2) is 4.98 Å². The number of nitrogen functional groups attached to an aromatic ring is 1. The lowest BCUT2D eigenvalue weighted by atomic mass is 10.2. The van der Waals surface area contributed by atoms with Crippen LogP contribution in [0.1, 0.15) is 12.5 Å². The molecule has 0 aromatic carbocycles. The highest BCUT2D eigenvalue weighted by atomic mass is 35.5. The molecule has 7 heteroatoms. The number of hydrogen-bond donors (Lipinski definition) is 2. The molecule has 0 unspecified atom stereocenters. The van der Waals surface area contributed by atoms with Gasteiger partial charge in [-0.05, 0) is 0 Å². The van der Waals surface area contributed by atoms with Gasteiger partial charge >= 0.3 is 0 Å². The molecule has 0 radical (unpaired) electrons. The highest BCUT2D eigenvalue weighted by Gasteiger charge is 2.21. The van der Waals surface area contributed by atoms with E-state index in [4.69, 9.17) is 17.3 Å². The summed E-state index contributed by atoms with van der Waals surface area (Å²) in [6.07, 6.45) is 5.48. The summed E-state index contributed by atoms with van der Waals surface area (Å²) in [5.74, 6) is 0.117. The van der Waals surface area contributed by atoms with Gasteiger partial charge in [-0.15, -0.1) is 0 Å². The van der Waals surface area contributed by atoms with E-state index >= 15 is 0 Å². The van der Waals surface area contributed by atoms with Crippen molar-refractivity contribution in [3.63, 3.8) is 0 Å². The number of nitrogens with zero attached hydrogens (tertiary/aromatic N) is 4. The first-order valence-corrected chi connectivity index (χ1v) is 5.55. The molecule has 0 aliphatic heterocycles. The number of rotatable bonds is 1. The monoisotopic (exact) mass is 251 g/mol. The van der Waals surface area contributed by atoms with E-state index < -0.39 is 6.10 Å². The highest BCUT2D eigenvalue weighted by molar-refractivity contribution is 6.33. The van der Waals surface area contributed by atoms with Crippen LogP contribution in [0.15, 0.2) is 18.5 Å². The second kappa shape index (κ2) is 3.68. The van der Waals surface area contributed by atoms with Crippen molar-refractivity contribution in [2.45, 2.75) is 18.6 Å². The molecule has 88 valence electrons. The van der Waals surface area contributed by atoms with Crippen LogP contribution in [0.25, 0.3) is 11.2 Å². The molecule has 1 aliphatic rings. The number of aliphatic hydroxyl groups excluding tert-OH is 1. The smallest absolute Gasteiger partial charge is 0.223 e. The number of halogens is 1. The largest absolute Gasteiger partial charge is 0.389 e. The van der Waals surface area contributed by atoms with Crippen molar-refractivity contribution in [3.8, 4) is 0 Å². The quantitative estimate of drug-likeness (QED) is 0.581. The molecular weight excluding hydrogens is 242 g/mol. The predicted molar refractivity (Wildman–Crippen MR) is 63.5 cm³/mol. The van der Waals surface area contributed by atoms with Gasteiger partial charge in [-0.3, -0.25) is 0 Å². The van der Waals surface area contributed by atoms with Crippen molar-refractivity contribution < 1.29 is 5.11 Å². The average molecular weight is 252 g/mol. The Hall–Kier alpha value is -1.66. The van der Waals surface area contributed by atoms with Gasteiger partial charge in [0.1, 0.15) is 5.52 Å². The second-order valence-electron chi connectivity index (χ2n) is 3.95. The van der Waals surface area contributed by atoms with E-state index in [-0.39, 0.29) is 17.1 Å². The molecule has 0 saturated carbocycles. The van der Waals surface area contributed by atoms with E-state index in [2.05, 4.69) is 15.0 Å². The van der Waals surface area contributed by atoms with Gasteiger partial charge < -0.3 is 15.4 Å². The third-order valence-corrected chi connectivity index (χ3v) is 3.06. The maximum Gasteiger partial charge on any atom is 0.223 e. The van der Waals surface area contributed by atoms with Crippen LogP contribution < -0.4 is 5.73 Å². The normalized spacial score (nSPS) is 23.6. The molecule has 0 saturated heterocycles. The Balaban J connectivity index is 2.15. The molecular formula is C10H10ClN5O. The van der Waals surface area contributed by atoms with Gasteiger partial charge in [-0.2, -0.15) is 9.97 Å². The number of nitrogens with two attached hydrogens (primary N) is 1. The molecule has 3 N–H and O–H groups in total. The average Bonchev–Trinajstić information content (AvgIpc) is 2.83. The summed E-state index contributed by atoms with van der Waals surface area (Å²) < 4.78 is 1.84. The fraction of sp³-hybridized carbons (Fsp3) is 0.300. The van der Waals surface area contributed by atoms with E-state index in [9.17, 15) is 5.11 Å². The Morgan fingerprint density at radius 1 is 1.41 bits per heavy atom. The van der Waals surface area contributed by atoms with E-state index in [0.717, 1.165) is 0 Å². The zero-order valence-electron chi connectivity index (χ0n) is 8.79. The first-order valence-electron chi connectivity index (χ1n) is 5.17. The summed E-state index contributed by atoms with van der Waals surface area (Å²) in [6.45, 7) is 0. The lowest BCUT2D eigenvalue weighted by Gasteiger charge is -2.11. The Labute approximate surface area is 102 Å². The Bertz CT molecular complexity index is 608. The molecule has 0 bridgehead atoms. The highest BCUT2D eigenvalue weighted by Crippen LogP contribution is 2.28. The zero-order chi connectivity index (χ0) is 12.0. The first kappa shape index (κ1) is 10.5. The van der Waals surface area contributed by atoms with Gasteiger partial charge in [0, 0.05) is 6.42 Å². The van der Waals surface area contributed by atoms with E-state index in [0.29, 0.717) is 17.6 Å². The molecule has 2 aromatic rings. The molecule has 2 heterocycles. The summed E-state index contributed by atoms with van der Waals surface area (Å²) >= 11 is 5.94. The van der Waals surface area contributed by atoms with Gasteiger partial charge in [0.2, 0.25) is 5.95 Å². The summed E-state index contributed by atoms with van der Waals surface area (Å²) in [6, 6.07) is 0.0281. The van der Waals surface area contributed by atoms with Crippen LogP contribution in [-0.2, 0) is 0 Å². The number of aromatic nitrogens is 4. The van der Waals surface area contributed by atoms with Gasteiger partial charge in [-0.1, -0.05) is 23.8 Å². The number of aliphatic hydroxyl groups is 1. The standard InChI is InChI=1S/C10H10ClN5O/c11-8-7-9(15-10(12)14-8)16(4-13-7)5-1-2-6(17)3-5/h1-2,4-6,17H,3H2,(H2,12,14,15)/t5-,6+/m1/s1. The molecule has 0 fully saturated rings. The number of allylic oxidation sites excluding steroid dienone is 1. The SMILES string of the molecule is Nc1nc(Cl)c2ncn([C@@H]3C=C[C@H](O)C3)c2n1. The van der Waals surface area contributed by atoms with Gasteiger partial charge in [0.15, 0.2) is 10.8 Å². The fourth-order valence-corrected chi connectivity index (χ4v) is 2.23. The third kappa shape index (κ3) is 1.65. The van der Waals surface area contributed by atoms with Crippen molar-refractivity contribution in [3.05, 3.63) is 23.6 Å². The minimum absolute atomic E-state index is 0.0281. The number of hydrogen-bond acceptors (Lipinski definition) is 5. The minimum Gasteiger partial charge on any atom is -0.389 e. The number of anilines is 1. The van der Waals surface area contributed by atoms with Gasteiger partial charge in [0.05, 0.1) is 18.5 Å². The third-order valence-electron chi connectivity index (χ3n) is 2.79. The predicted octanol–water partition coefficient (Wildman–Crippen LogP) is 0.924. The van der Waals surface area contributed by atoms with Crippen LogP contribution >= 0.6 is 11.6 Å². The Kier molecular flexibility index (Phi) is 2.27. The topological polar surface area (TPSA) is 89.8 Å². The molecule has 6 nitrogen and oxygen atoms in total. The fourth-order valence-electron chi connectivity index (χ4n) is 2.01. The summed E-state index contributed by atoms with van der Waals surface area (Å²) in [5, 5.41) is 9.72. The van der Waals surface area contributed by atoms with Crippen molar-refractivity contribution in [2.24, 2.45) is 0 Å². The van der Waals surface area contributed by atoms with Crippen molar-refractivity contribution in [1.82, 2.24) is 19.5 Å². The molecule has 17 heavy (non-hydrogen) atoms. The molecule has 3 rings (SSSR count). The number of imidazole rings is 1. The van der Waals surface area contributed by atoms with Crippen molar-refractivity contribution >= 4 is 28.7 Å². The van der Waals surface area contributed by atoms with Crippen molar-refractivity contribution in [2.75, 3.05) is 5.73 Å². The minimum atomic E-state index is -0.424. The molecule has 1 aliphatic carbocycles. The molecule has 2 atom stereocenters. The van der Waals surface area contributed by atoms with E-state index in [1.807, 2.05) is 10.6 Å². The number of fused-ring (bicyclic) bond motifs is 1. The molecule has 2 aromatic heterocycles.